The topological polar surface area (TPSA) is 67.6 Å². The molecule has 0 bridgehead atoms. The van der Waals surface area contributed by atoms with Gasteiger partial charge in [0.15, 0.2) is 5.96 Å². The third kappa shape index (κ3) is 8.59. The molecular formula is C21H35IN6O. The van der Waals surface area contributed by atoms with Crippen LogP contribution in [-0.4, -0.2) is 52.4 Å². The van der Waals surface area contributed by atoms with Crippen LogP contribution in [0, 0.1) is 0 Å². The molecule has 0 unspecified atom stereocenters. The second-order valence-electron chi connectivity index (χ2n) is 6.71. The molecule has 0 atom stereocenters. The fourth-order valence-electron chi connectivity index (χ4n) is 2.89. The van der Waals surface area contributed by atoms with Gasteiger partial charge in [0.2, 0.25) is 0 Å². The Balaban J connectivity index is 0.00000420. The second-order valence-corrected chi connectivity index (χ2v) is 6.71. The number of aromatic nitrogens is 3. The van der Waals surface area contributed by atoms with Crippen molar-refractivity contribution in [3.05, 3.63) is 42.0 Å². The van der Waals surface area contributed by atoms with Crippen molar-refractivity contribution >= 4 is 29.9 Å². The predicted octanol–water partition coefficient (Wildman–Crippen LogP) is 3.73. The van der Waals surface area contributed by atoms with Gasteiger partial charge < -0.3 is 19.5 Å². The molecule has 2 rings (SSSR count). The zero-order valence-electron chi connectivity index (χ0n) is 18.1. The van der Waals surface area contributed by atoms with E-state index in [-0.39, 0.29) is 24.0 Å². The van der Waals surface area contributed by atoms with Crippen LogP contribution in [0.5, 0.6) is 5.75 Å². The van der Waals surface area contributed by atoms with E-state index >= 15 is 0 Å². The number of aliphatic imine (C=N–C) groups is 1. The number of unbranched alkanes of at least 4 members (excludes halogenated alkanes) is 1. The fourth-order valence-corrected chi connectivity index (χ4v) is 2.89. The molecule has 0 amide bonds. The third-order valence-corrected chi connectivity index (χ3v) is 4.44. The van der Waals surface area contributed by atoms with Crippen molar-refractivity contribution in [2.24, 2.45) is 4.99 Å². The van der Waals surface area contributed by atoms with Gasteiger partial charge in [-0.1, -0.05) is 32.4 Å². The number of hydrogen-bond donors (Lipinski definition) is 1. The zero-order chi connectivity index (χ0) is 20.2. The van der Waals surface area contributed by atoms with Crippen molar-refractivity contribution in [1.29, 1.82) is 0 Å². The van der Waals surface area contributed by atoms with E-state index in [1.807, 2.05) is 19.1 Å². The van der Waals surface area contributed by atoms with Gasteiger partial charge >= 0.3 is 0 Å². The Morgan fingerprint density at radius 1 is 1.21 bits per heavy atom. The quantitative estimate of drug-likeness (QED) is 0.214. The number of benzene rings is 1. The normalized spacial score (nSPS) is 11.1. The van der Waals surface area contributed by atoms with Gasteiger partial charge in [0.05, 0.1) is 6.61 Å². The van der Waals surface area contributed by atoms with Gasteiger partial charge in [-0.3, -0.25) is 4.99 Å². The van der Waals surface area contributed by atoms with Crippen molar-refractivity contribution in [3.8, 4) is 5.75 Å². The standard InChI is InChI=1S/C21H34N6O.HI/c1-5-8-13-22-21(23-14-15-27-17-24-25-20(27)6-2)26(4)16-18-9-11-19(12-10-18)28-7-3;/h9-12,17H,5-8,13-16H2,1-4H3,(H,22,23);1H. The van der Waals surface area contributed by atoms with Crippen LogP contribution < -0.4 is 10.1 Å². The molecule has 0 radical (unpaired) electrons. The first-order chi connectivity index (χ1) is 13.7. The van der Waals surface area contributed by atoms with Crippen LogP contribution in [0.3, 0.4) is 0 Å². The van der Waals surface area contributed by atoms with Gasteiger partial charge in [0.25, 0.3) is 0 Å². The van der Waals surface area contributed by atoms with E-state index in [2.05, 4.69) is 58.0 Å². The molecule has 0 aliphatic rings. The molecule has 162 valence electrons. The number of ether oxygens (including phenoxy) is 1. The monoisotopic (exact) mass is 514 g/mol. The van der Waals surface area contributed by atoms with Crippen LogP contribution in [-0.2, 0) is 19.5 Å². The summed E-state index contributed by atoms with van der Waals surface area (Å²) >= 11 is 0. The summed E-state index contributed by atoms with van der Waals surface area (Å²) in [7, 11) is 2.07. The fraction of sp³-hybridized carbons (Fsp3) is 0.571. The lowest BCUT2D eigenvalue weighted by atomic mass is 10.2. The Morgan fingerprint density at radius 2 is 1.97 bits per heavy atom. The van der Waals surface area contributed by atoms with Gasteiger partial charge in [0.1, 0.15) is 17.9 Å². The minimum Gasteiger partial charge on any atom is -0.494 e. The molecule has 0 saturated carbocycles. The molecule has 0 aliphatic carbocycles. The lowest BCUT2D eigenvalue weighted by Gasteiger charge is -2.23. The van der Waals surface area contributed by atoms with Crippen molar-refractivity contribution in [3.63, 3.8) is 0 Å². The SMILES string of the molecule is CCCCN=C(NCCn1cnnc1CC)N(C)Cc1ccc(OCC)cc1.I. The Bertz CT molecular complexity index is 716. The minimum absolute atomic E-state index is 0. The molecule has 1 aromatic heterocycles. The molecule has 2 aromatic rings. The van der Waals surface area contributed by atoms with E-state index in [9.17, 15) is 0 Å². The maximum absolute atomic E-state index is 5.52. The lowest BCUT2D eigenvalue weighted by Crippen LogP contribution is -2.40. The van der Waals surface area contributed by atoms with E-state index in [0.717, 1.165) is 63.0 Å². The molecular weight excluding hydrogens is 479 g/mol. The molecule has 29 heavy (non-hydrogen) atoms. The van der Waals surface area contributed by atoms with Crippen LogP contribution in [0.15, 0.2) is 35.6 Å². The van der Waals surface area contributed by atoms with Gasteiger partial charge in [-0.25, -0.2) is 0 Å². The van der Waals surface area contributed by atoms with Crippen LogP contribution in [0.1, 0.15) is 45.0 Å². The highest BCUT2D eigenvalue weighted by Gasteiger charge is 2.08. The van der Waals surface area contributed by atoms with Crippen molar-refractivity contribution in [2.75, 3.05) is 26.7 Å². The van der Waals surface area contributed by atoms with Gasteiger partial charge in [0, 0.05) is 39.6 Å². The van der Waals surface area contributed by atoms with Gasteiger partial charge in [-0.15, -0.1) is 34.2 Å². The van der Waals surface area contributed by atoms with E-state index in [0.29, 0.717) is 6.61 Å². The lowest BCUT2D eigenvalue weighted by molar-refractivity contribution is 0.340. The van der Waals surface area contributed by atoms with E-state index in [1.54, 1.807) is 6.33 Å². The molecule has 1 N–H and O–H groups in total. The molecule has 1 heterocycles. The first-order valence-corrected chi connectivity index (χ1v) is 10.3. The summed E-state index contributed by atoms with van der Waals surface area (Å²) in [5.74, 6) is 2.84. The van der Waals surface area contributed by atoms with Gasteiger partial charge in [-0.2, -0.15) is 0 Å². The van der Waals surface area contributed by atoms with Crippen molar-refractivity contribution < 1.29 is 4.74 Å². The summed E-state index contributed by atoms with van der Waals surface area (Å²) < 4.78 is 7.61. The smallest absolute Gasteiger partial charge is 0.194 e. The highest BCUT2D eigenvalue weighted by atomic mass is 127. The highest BCUT2D eigenvalue weighted by molar-refractivity contribution is 14.0. The largest absolute Gasteiger partial charge is 0.494 e. The van der Waals surface area contributed by atoms with Crippen LogP contribution >= 0.6 is 24.0 Å². The Kier molecular flexibility index (Phi) is 12.3. The predicted molar refractivity (Wildman–Crippen MR) is 129 cm³/mol. The molecule has 1 aromatic carbocycles. The molecule has 8 heteroatoms. The zero-order valence-corrected chi connectivity index (χ0v) is 20.4. The summed E-state index contributed by atoms with van der Waals surface area (Å²) in [5.41, 5.74) is 1.23. The molecule has 0 fully saturated rings. The highest BCUT2D eigenvalue weighted by Crippen LogP contribution is 2.13. The van der Waals surface area contributed by atoms with Crippen LogP contribution in [0.25, 0.3) is 0 Å². The van der Waals surface area contributed by atoms with Gasteiger partial charge in [-0.05, 0) is 31.0 Å². The Labute approximate surface area is 192 Å². The summed E-state index contributed by atoms with van der Waals surface area (Å²) in [6, 6.07) is 8.25. The summed E-state index contributed by atoms with van der Waals surface area (Å²) in [5, 5.41) is 11.6. The second kappa shape index (κ2) is 14.2. The molecule has 0 aliphatic heterocycles. The number of nitrogens with one attached hydrogen (secondary N) is 1. The van der Waals surface area contributed by atoms with Crippen LogP contribution in [0.2, 0.25) is 0 Å². The maximum atomic E-state index is 5.52. The summed E-state index contributed by atoms with van der Waals surface area (Å²) in [4.78, 5) is 6.95. The van der Waals surface area contributed by atoms with Crippen LogP contribution in [0.4, 0.5) is 0 Å². The minimum atomic E-state index is 0. The molecule has 7 nitrogen and oxygen atoms in total. The number of nitrogens with zero attached hydrogens (tertiary/aromatic N) is 5. The Hall–Kier alpha value is -1.84. The first kappa shape index (κ1) is 25.2. The average molecular weight is 514 g/mol. The van der Waals surface area contributed by atoms with E-state index < -0.39 is 0 Å². The summed E-state index contributed by atoms with van der Waals surface area (Å²) in [6.07, 6.45) is 4.90. The van der Waals surface area contributed by atoms with Crippen molar-refractivity contribution in [1.82, 2.24) is 25.0 Å². The molecule has 0 spiro atoms. The number of guanidine groups is 1. The Morgan fingerprint density at radius 3 is 2.62 bits per heavy atom. The summed E-state index contributed by atoms with van der Waals surface area (Å²) in [6.45, 7) is 10.2. The van der Waals surface area contributed by atoms with Crippen molar-refractivity contribution in [2.45, 2.75) is 53.1 Å². The number of rotatable bonds is 11. The van der Waals surface area contributed by atoms with E-state index in [4.69, 9.17) is 9.73 Å². The number of hydrogen-bond acceptors (Lipinski definition) is 4. The number of aryl methyl sites for hydroxylation is 1. The first-order valence-electron chi connectivity index (χ1n) is 10.3. The maximum Gasteiger partial charge on any atom is 0.194 e. The average Bonchev–Trinajstić information content (AvgIpc) is 3.16. The van der Waals surface area contributed by atoms with E-state index in [1.165, 1.54) is 5.56 Å². The number of halogens is 1. The molecule has 0 saturated heterocycles. The third-order valence-electron chi connectivity index (χ3n) is 4.44.